The van der Waals surface area contributed by atoms with Crippen LogP contribution in [0.1, 0.15) is 13.3 Å². The molecule has 1 amide bonds. The monoisotopic (exact) mass is 258 g/mol. The lowest BCUT2D eigenvalue weighted by Gasteiger charge is -2.05. The van der Waals surface area contributed by atoms with Gasteiger partial charge in [-0.1, -0.05) is 6.92 Å². The van der Waals surface area contributed by atoms with Crippen molar-refractivity contribution in [2.75, 3.05) is 18.0 Å². The number of carbonyl (C=O) groups is 1. The fourth-order valence-corrected chi connectivity index (χ4v) is 2.25. The molecule has 1 aromatic carbocycles. The topological polar surface area (TPSA) is 72.2 Å². The van der Waals surface area contributed by atoms with E-state index in [9.17, 15) is 13.4 Å². The van der Waals surface area contributed by atoms with Gasteiger partial charge in [-0.25, -0.2) is 4.39 Å². The normalized spacial score (nSPS) is 12.1. The van der Waals surface area contributed by atoms with Crippen LogP contribution in [0.4, 0.5) is 10.1 Å². The van der Waals surface area contributed by atoms with Crippen LogP contribution in [0, 0.1) is 5.82 Å². The number of nitrogens with two attached hydrogens (primary N) is 1. The Kier molecular flexibility index (Phi) is 5.09. The van der Waals surface area contributed by atoms with Crippen LogP contribution in [-0.2, 0) is 15.6 Å². The average molecular weight is 258 g/mol. The van der Waals surface area contributed by atoms with Gasteiger partial charge in [0.25, 0.3) is 0 Å². The van der Waals surface area contributed by atoms with Gasteiger partial charge in [0.2, 0.25) is 5.91 Å². The summed E-state index contributed by atoms with van der Waals surface area (Å²) in [5.41, 5.74) is 5.63. The Hall–Kier alpha value is -1.43. The number of halogens is 1. The van der Waals surface area contributed by atoms with Crippen LogP contribution in [0.15, 0.2) is 23.1 Å². The summed E-state index contributed by atoms with van der Waals surface area (Å²) < 4.78 is 24.8. The van der Waals surface area contributed by atoms with Crippen LogP contribution in [0.5, 0.6) is 0 Å². The quantitative estimate of drug-likeness (QED) is 0.775. The van der Waals surface area contributed by atoms with E-state index in [0.29, 0.717) is 6.54 Å². The first-order valence-corrected chi connectivity index (χ1v) is 6.56. The molecule has 3 N–H and O–H groups in total. The Morgan fingerprint density at radius 1 is 1.47 bits per heavy atom. The van der Waals surface area contributed by atoms with Gasteiger partial charge < -0.3 is 11.1 Å². The van der Waals surface area contributed by atoms with Crippen LogP contribution in [0.3, 0.4) is 0 Å². The predicted molar refractivity (Wildman–Crippen MR) is 65.4 cm³/mol. The summed E-state index contributed by atoms with van der Waals surface area (Å²) in [7, 11) is -1.57. The number of amides is 1. The lowest BCUT2D eigenvalue weighted by atomic mass is 10.3. The van der Waals surface area contributed by atoms with Gasteiger partial charge in [0.05, 0.1) is 10.8 Å². The van der Waals surface area contributed by atoms with Crippen molar-refractivity contribution in [3.05, 3.63) is 24.0 Å². The molecule has 0 bridgehead atoms. The van der Waals surface area contributed by atoms with Crippen LogP contribution in [0.25, 0.3) is 0 Å². The molecule has 0 saturated carbocycles. The Labute approximate surface area is 102 Å². The van der Waals surface area contributed by atoms with Gasteiger partial charge in [-0.2, -0.15) is 0 Å². The molecule has 4 nitrogen and oxygen atoms in total. The average Bonchev–Trinajstić information content (AvgIpc) is 2.25. The zero-order valence-corrected chi connectivity index (χ0v) is 10.3. The maximum absolute atomic E-state index is 13.0. The Balaban J connectivity index is 2.66. The summed E-state index contributed by atoms with van der Waals surface area (Å²) >= 11 is 0. The maximum Gasteiger partial charge on any atom is 0.232 e. The highest BCUT2D eigenvalue weighted by molar-refractivity contribution is 7.85. The van der Waals surface area contributed by atoms with Crippen molar-refractivity contribution in [2.45, 2.75) is 18.2 Å². The molecule has 17 heavy (non-hydrogen) atoms. The Bertz CT molecular complexity index is 417. The van der Waals surface area contributed by atoms with Crippen molar-refractivity contribution in [3.63, 3.8) is 0 Å². The zero-order valence-electron chi connectivity index (χ0n) is 9.53. The van der Waals surface area contributed by atoms with Gasteiger partial charge in [0.1, 0.15) is 11.6 Å². The van der Waals surface area contributed by atoms with Gasteiger partial charge in [-0.05, 0) is 24.6 Å². The fraction of sp³-hybridized carbons (Fsp3) is 0.364. The smallest absolute Gasteiger partial charge is 0.232 e. The molecular weight excluding hydrogens is 243 g/mol. The van der Waals surface area contributed by atoms with Gasteiger partial charge >= 0.3 is 0 Å². The van der Waals surface area contributed by atoms with E-state index in [1.54, 1.807) is 0 Å². The molecule has 6 heteroatoms. The maximum atomic E-state index is 13.0. The van der Waals surface area contributed by atoms with E-state index in [2.05, 4.69) is 5.32 Å². The lowest BCUT2D eigenvalue weighted by Crippen LogP contribution is -2.28. The van der Waals surface area contributed by atoms with Crippen molar-refractivity contribution in [1.29, 1.82) is 0 Å². The first-order valence-electron chi connectivity index (χ1n) is 5.24. The van der Waals surface area contributed by atoms with Gasteiger partial charge in [0, 0.05) is 17.1 Å². The summed E-state index contributed by atoms with van der Waals surface area (Å²) in [6.45, 7) is 2.46. The van der Waals surface area contributed by atoms with Crippen molar-refractivity contribution in [2.24, 2.45) is 0 Å². The minimum atomic E-state index is -1.57. The highest BCUT2D eigenvalue weighted by atomic mass is 32.2. The van der Waals surface area contributed by atoms with Gasteiger partial charge in [0.15, 0.2) is 0 Å². The zero-order chi connectivity index (χ0) is 12.8. The first-order chi connectivity index (χ1) is 8.02. The molecule has 0 aromatic heterocycles. The molecule has 0 aliphatic rings. The number of nitrogens with one attached hydrogen (secondary N) is 1. The molecule has 0 saturated heterocycles. The fourth-order valence-electron chi connectivity index (χ4n) is 1.23. The van der Waals surface area contributed by atoms with E-state index in [1.807, 2.05) is 6.92 Å². The van der Waals surface area contributed by atoms with Crippen LogP contribution >= 0.6 is 0 Å². The molecule has 1 unspecified atom stereocenters. The predicted octanol–water partition coefficient (Wildman–Crippen LogP) is 1.04. The molecule has 0 aliphatic carbocycles. The van der Waals surface area contributed by atoms with Crippen LogP contribution in [-0.4, -0.2) is 22.4 Å². The third-order valence-corrected chi connectivity index (χ3v) is 3.28. The van der Waals surface area contributed by atoms with Crippen molar-refractivity contribution >= 4 is 22.4 Å². The molecule has 0 aliphatic heterocycles. The summed E-state index contributed by atoms with van der Waals surface area (Å²) in [5.74, 6) is -1.04. The molecule has 94 valence electrons. The number of hydrogen-bond donors (Lipinski definition) is 2. The second-order valence-corrected chi connectivity index (χ2v) is 5.01. The summed E-state index contributed by atoms with van der Waals surface area (Å²) in [5, 5.41) is 2.61. The third kappa shape index (κ3) is 4.52. The van der Waals surface area contributed by atoms with Crippen LogP contribution in [0.2, 0.25) is 0 Å². The molecule has 1 aromatic rings. The second kappa shape index (κ2) is 6.34. The highest BCUT2D eigenvalue weighted by Gasteiger charge is 2.11. The molecule has 0 radical (unpaired) electrons. The number of hydrogen-bond acceptors (Lipinski definition) is 3. The van der Waals surface area contributed by atoms with E-state index in [4.69, 9.17) is 5.73 Å². The van der Waals surface area contributed by atoms with Crippen molar-refractivity contribution in [1.82, 2.24) is 5.32 Å². The van der Waals surface area contributed by atoms with E-state index < -0.39 is 16.6 Å². The molecular formula is C11H15FN2O2S. The molecule has 1 atom stereocenters. The Morgan fingerprint density at radius 3 is 2.76 bits per heavy atom. The van der Waals surface area contributed by atoms with E-state index in [-0.39, 0.29) is 22.2 Å². The minimum Gasteiger partial charge on any atom is -0.399 e. The largest absolute Gasteiger partial charge is 0.399 e. The summed E-state index contributed by atoms with van der Waals surface area (Å²) in [6, 6.07) is 3.67. The lowest BCUT2D eigenvalue weighted by molar-refractivity contribution is -0.118. The molecule has 1 rings (SSSR count). The highest BCUT2D eigenvalue weighted by Crippen LogP contribution is 2.14. The SMILES string of the molecule is CCCNC(=O)CS(=O)c1cc(N)cc(F)c1. The van der Waals surface area contributed by atoms with Gasteiger partial charge in [-0.3, -0.25) is 9.00 Å². The number of nitrogen functional groups attached to an aromatic ring is 1. The molecule has 0 fully saturated rings. The number of carbonyl (C=O) groups excluding carboxylic acids is 1. The Morgan fingerprint density at radius 2 is 2.18 bits per heavy atom. The minimum absolute atomic E-state index is 0.178. The van der Waals surface area contributed by atoms with Crippen molar-refractivity contribution < 1.29 is 13.4 Å². The standard InChI is InChI=1S/C11H15FN2O2S/c1-2-3-14-11(15)7-17(16)10-5-8(12)4-9(13)6-10/h4-6H,2-3,7,13H2,1H3,(H,14,15). The van der Waals surface area contributed by atoms with Gasteiger partial charge in [-0.15, -0.1) is 0 Å². The molecule has 0 heterocycles. The first kappa shape index (κ1) is 13.6. The summed E-state index contributed by atoms with van der Waals surface area (Å²) in [6.07, 6.45) is 0.811. The number of anilines is 1. The van der Waals surface area contributed by atoms with Crippen LogP contribution < -0.4 is 11.1 Å². The van der Waals surface area contributed by atoms with E-state index in [0.717, 1.165) is 18.6 Å². The summed E-state index contributed by atoms with van der Waals surface area (Å²) in [4.78, 5) is 11.6. The van der Waals surface area contributed by atoms with E-state index in [1.165, 1.54) is 6.07 Å². The van der Waals surface area contributed by atoms with E-state index >= 15 is 0 Å². The second-order valence-electron chi connectivity index (χ2n) is 3.56. The number of rotatable bonds is 5. The third-order valence-electron chi connectivity index (χ3n) is 1.99. The molecule has 0 spiro atoms. The number of benzene rings is 1. The van der Waals surface area contributed by atoms with Crippen molar-refractivity contribution in [3.8, 4) is 0 Å².